The first kappa shape index (κ1) is 28.0. The quantitative estimate of drug-likeness (QED) is 0.175. The molecule has 38 heavy (non-hydrogen) atoms. The Labute approximate surface area is 227 Å². The summed E-state index contributed by atoms with van der Waals surface area (Å²) in [5.74, 6) is 0.425. The fourth-order valence-corrected chi connectivity index (χ4v) is 5.00. The molecule has 0 aliphatic heterocycles. The molecule has 3 aromatic carbocycles. The van der Waals surface area contributed by atoms with E-state index in [1.54, 1.807) is 12.1 Å². The number of pyridine rings is 1. The smallest absolute Gasteiger partial charge is 0.297 e. The van der Waals surface area contributed by atoms with E-state index in [-0.39, 0.29) is 24.0 Å². The van der Waals surface area contributed by atoms with Crippen molar-refractivity contribution in [2.24, 2.45) is 0 Å². The van der Waals surface area contributed by atoms with Crippen LogP contribution in [0.25, 0.3) is 22.2 Å². The second-order valence-electron chi connectivity index (χ2n) is 9.32. The van der Waals surface area contributed by atoms with Gasteiger partial charge in [0.2, 0.25) is 0 Å². The van der Waals surface area contributed by atoms with E-state index in [9.17, 15) is 8.42 Å². The van der Waals surface area contributed by atoms with Crippen molar-refractivity contribution in [3.63, 3.8) is 0 Å². The standard InChI is InChI=1S/C29H33N2O5PS/c1-20-5-13-27(14-6-20)38(32,33)35-19-26(36-21(2)37)18-34-25-12-16-29-23(17-25)9-15-28(30-29)22-7-10-24(11-8-22)31(3)4/h5-17,21,26H,18-19,37H2,1-4H3/t21?,26-/m0/s1. The molecule has 1 heterocycles. The van der Waals surface area contributed by atoms with Gasteiger partial charge in [-0.1, -0.05) is 35.9 Å². The van der Waals surface area contributed by atoms with Crippen LogP contribution in [0.3, 0.4) is 0 Å². The Hall–Kier alpha value is -3.03. The molecule has 0 N–H and O–H groups in total. The van der Waals surface area contributed by atoms with Gasteiger partial charge >= 0.3 is 0 Å². The minimum atomic E-state index is -3.91. The summed E-state index contributed by atoms with van der Waals surface area (Å²) in [5, 5.41) is 0.936. The lowest BCUT2D eigenvalue weighted by atomic mass is 10.1. The third-order valence-electron chi connectivity index (χ3n) is 5.90. The van der Waals surface area contributed by atoms with Gasteiger partial charge in [0.05, 0.1) is 28.6 Å². The van der Waals surface area contributed by atoms with Crippen LogP contribution in [0.1, 0.15) is 12.5 Å². The average molecular weight is 553 g/mol. The first-order valence-corrected chi connectivity index (χ1v) is 14.4. The molecule has 0 bridgehead atoms. The van der Waals surface area contributed by atoms with Gasteiger partial charge in [0, 0.05) is 30.7 Å². The summed E-state index contributed by atoms with van der Waals surface area (Å²) in [6, 6.07) is 24.5. The summed E-state index contributed by atoms with van der Waals surface area (Å²) >= 11 is 0. The molecule has 0 saturated heterocycles. The van der Waals surface area contributed by atoms with Crippen molar-refractivity contribution in [2.45, 2.75) is 30.7 Å². The van der Waals surface area contributed by atoms with Gasteiger partial charge in [0.15, 0.2) is 0 Å². The van der Waals surface area contributed by atoms with E-state index in [0.717, 1.165) is 33.4 Å². The fraction of sp³-hybridized carbons (Fsp3) is 0.276. The lowest BCUT2D eigenvalue weighted by molar-refractivity contribution is -0.0132. The number of aromatic nitrogens is 1. The molecule has 200 valence electrons. The molecule has 0 spiro atoms. The van der Waals surface area contributed by atoms with Gasteiger partial charge in [-0.3, -0.25) is 4.18 Å². The van der Waals surface area contributed by atoms with E-state index in [2.05, 4.69) is 38.4 Å². The largest absolute Gasteiger partial charge is 0.491 e. The highest BCUT2D eigenvalue weighted by Crippen LogP contribution is 2.26. The van der Waals surface area contributed by atoms with Gasteiger partial charge in [-0.2, -0.15) is 8.42 Å². The molecular formula is C29H33N2O5PS. The molecule has 3 atom stereocenters. The van der Waals surface area contributed by atoms with Crippen LogP contribution >= 0.6 is 9.24 Å². The topological polar surface area (TPSA) is 78.0 Å². The molecule has 0 fully saturated rings. The monoisotopic (exact) mass is 552 g/mol. The Morgan fingerprint density at radius 2 is 1.63 bits per heavy atom. The number of fused-ring (bicyclic) bond motifs is 1. The second-order valence-corrected chi connectivity index (χ2v) is 11.9. The van der Waals surface area contributed by atoms with Crippen LogP contribution in [0.5, 0.6) is 5.75 Å². The van der Waals surface area contributed by atoms with Crippen molar-refractivity contribution >= 4 is 35.9 Å². The zero-order valence-electron chi connectivity index (χ0n) is 22.0. The highest BCUT2D eigenvalue weighted by molar-refractivity contribution is 7.86. The molecule has 4 rings (SSSR count). The second kappa shape index (κ2) is 12.2. The van der Waals surface area contributed by atoms with E-state index in [1.165, 1.54) is 12.1 Å². The Kier molecular flexibility index (Phi) is 9.00. The van der Waals surface area contributed by atoms with Gasteiger partial charge in [0.1, 0.15) is 18.5 Å². The van der Waals surface area contributed by atoms with Crippen LogP contribution in [0.4, 0.5) is 5.69 Å². The lowest BCUT2D eigenvalue weighted by Gasteiger charge is -2.21. The maximum absolute atomic E-state index is 12.6. The van der Waals surface area contributed by atoms with Crippen LogP contribution in [0.2, 0.25) is 0 Å². The van der Waals surface area contributed by atoms with Crippen molar-refractivity contribution in [3.8, 4) is 17.0 Å². The van der Waals surface area contributed by atoms with Gasteiger partial charge < -0.3 is 14.4 Å². The number of hydrogen-bond donors (Lipinski definition) is 0. The van der Waals surface area contributed by atoms with Crippen LogP contribution in [0, 0.1) is 6.92 Å². The minimum absolute atomic E-state index is 0.108. The highest BCUT2D eigenvalue weighted by Gasteiger charge is 2.20. The van der Waals surface area contributed by atoms with E-state index in [0.29, 0.717) is 5.75 Å². The molecule has 1 aromatic heterocycles. The summed E-state index contributed by atoms with van der Waals surface area (Å²) < 4.78 is 42.3. The van der Waals surface area contributed by atoms with E-state index < -0.39 is 16.2 Å². The molecule has 0 aliphatic carbocycles. The predicted octanol–water partition coefficient (Wildman–Crippen LogP) is 5.67. The number of anilines is 1. The fourth-order valence-electron chi connectivity index (χ4n) is 3.84. The van der Waals surface area contributed by atoms with Crippen molar-refractivity contribution in [3.05, 3.63) is 84.4 Å². The number of benzene rings is 3. The number of rotatable bonds is 11. The average Bonchev–Trinajstić information content (AvgIpc) is 2.90. The molecule has 4 aromatic rings. The maximum atomic E-state index is 12.6. The van der Waals surface area contributed by atoms with Crippen molar-refractivity contribution in [1.82, 2.24) is 4.98 Å². The summed E-state index contributed by atoms with van der Waals surface area (Å²) in [4.78, 5) is 6.97. The highest BCUT2D eigenvalue weighted by atomic mass is 32.2. The first-order valence-electron chi connectivity index (χ1n) is 12.3. The van der Waals surface area contributed by atoms with Gasteiger partial charge in [-0.15, -0.1) is 9.24 Å². The Morgan fingerprint density at radius 3 is 2.29 bits per heavy atom. The molecule has 9 heteroatoms. The van der Waals surface area contributed by atoms with Crippen molar-refractivity contribution in [2.75, 3.05) is 32.2 Å². The maximum Gasteiger partial charge on any atom is 0.297 e. The normalized spacial score (nSPS) is 13.3. The SMILES string of the molecule is Cc1ccc(S(=O)(=O)OC[C@H](COc2ccc3nc(-c4ccc(N(C)C)cc4)ccc3c2)OC(C)P)cc1. The Bertz CT molecular complexity index is 1470. The summed E-state index contributed by atoms with van der Waals surface area (Å²) in [5.41, 5.74) is 4.89. The number of nitrogens with zero attached hydrogens (tertiary/aromatic N) is 2. The number of ether oxygens (including phenoxy) is 2. The van der Waals surface area contributed by atoms with Gasteiger partial charge in [-0.05, 0) is 62.4 Å². The molecule has 0 aliphatic rings. The first-order chi connectivity index (χ1) is 18.1. The third kappa shape index (κ3) is 7.29. The van der Waals surface area contributed by atoms with Crippen LogP contribution < -0.4 is 9.64 Å². The molecule has 0 amide bonds. The lowest BCUT2D eigenvalue weighted by Crippen LogP contribution is -2.30. The zero-order chi connectivity index (χ0) is 27.3. The van der Waals surface area contributed by atoms with Crippen LogP contribution in [0.15, 0.2) is 83.8 Å². The van der Waals surface area contributed by atoms with Crippen molar-refractivity contribution in [1.29, 1.82) is 0 Å². The minimum Gasteiger partial charge on any atom is -0.491 e. The predicted molar refractivity (Wildman–Crippen MR) is 155 cm³/mol. The molecule has 0 radical (unpaired) electrons. The van der Waals surface area contributed by atoms with E-state index in [1.807, 2.05) is 58.3 Å². The Balaban J connectivity index is 1.42. The molecule has 7 nitrogen and oxygen atoms in total. The summed E-state index contributed by atoms with van der Waals surface area (Å²) in [7, 11) is 2.66. The summed E-state index contributed by atoms with van der Waals surface area (Å²) in [6.45, 7) is 3.70. The third-order valence-corrected chi connectivity index (χ3v) is 7.35. The molecular weight excluding hydrogens is 519 g/mol. The van der Waals surface area contributed by atoms with Crippen LogP contribution in [-0.2, 0) is 19.0 Å². The Morgan fingerprint density at radius 1 is 0.921 bits per heavy atom. The van der Waals surface area contributed by atoms with E-state index in [4.69, 9.17) is 18.6 Å². The molecule has 2 unspecified atom stereocenters. The van der Waals surface area contributed by atoms with Gasteiger partial charge in [-0.25, -0.2) is 4.98 Å². The van der Waals surface area contributed by atoms with Gasteiger partial charge in [0.25, 0.3) is 10.1 Å². The number of hydrogen-bond acceptors (Lipinski definition) is 7. The van der Waals surface area contributed by atoms with Crippen molar-refractivity contribution < 1.29 is 22.1 Å². The number of aryl methyl sites for hydroxylation is 1. The zero-order valence-corrected chi connectivity index (χ0v) is 24.0. The van der Waals surface area contributed by atoms with E-state index >= 15 is 0 Å². The molecule has 0 saturated carbocycles. The summed E-state index contributed by atoms with van der Waals surface area (Å²) in [6.07, 6.45) is -0.593. The van der Waals surface area contributed by atoms with Crippen LogP contribution in [-0.4, -0.2) is 52.7 Å².